The first-order valence-electron chi connectivity index (χ1n) is 4.49. The molecule has 0 saturated carbocycles. The maximum Gasteiger partial charge on any atom is 0.357 e. The molecule has 0 fully saturated rings. The topological polar surface area (TPSA) is 72.6 Å². The highest BCUT2D eigenvalue weighted by molar-refractivity contribution is 5.84. The Kier molecular flexibility index (Phi) is 4.12. The van der Waals surface area contributed by atoms with E-state index in [0.717, 1.165) is 12.7 Å². The van der Waals surface area contributed by atoms with E-state index < -0.39 is 5.97 Å². The predicted octanol–water partition coefficient (Wildman–Crippen LogP) is 1.34. The van der Waals surface area contributed by atoms with Crippen molar-refractivity contribution in [2.24, 2.45) is 0 Å². The van der Waals surface area contributed by atoms with Gasteiger partial charge in [0.2, 0.25) is 0 Å². The van der Waals surface area contributed by atoms with Gasteiger partial charge in [0.1, 0.15) is 6.26 Å². The fourth-order valence-electron chi connectivity index (χ4n) is 0.930. The number of aromatic nitrogens is 1. The minimum atomic E-state index is -1.07. The van der Waals surface area contributed by atoms with Crippen molar-refractivity contribution in [2.75, 3.05) is 13.2 Å². The SMILES string of the molecule is CCCOCCc1nc(C(=O)O)co1. The van der Waals surface area contributed by atoms with Crippen LogP contribution in [0.2, 0.25) is 0 Å². The van der Waals surface area contributed by atoms with Crippen molar-refractivity contribution in [3.05, 3.63) is 17.8 Å². The molecule has 0 unspecified atom stereocenters. The molecule has 5 heteroatoms. The number of ether oxygens (including phenoxy) is 1. The van der Waals surface area contributed by atoms with Gasteiger partial charge in [-0.05, 0) is 6.42 Å². The van der Waals surface area contributed by atoms with E-state index in [-0.39, 0.29) is 5.69 Å². The van der Waals surface area contributed by atoms with Crippen LogP contribution in [-0.2, 0) is 11.2 Å². The van der Waals surface area contributed by atoms with Crippen molar-refractivity contribution < 1.29 is 19.1 Å². The van der Waals surface area contributed by atoms with Crippen LogP contribution in [0.3, 0.4) is 0 Å². The van der Waals surface area contributed by atoms with Crippen LogP contribution >= 0.6 is 0 Å². The maximum absolute atomic E-state index is 10.4. The fourth-order valence-corrected chi connectivity index (χ4v) is 0.930. The highest BCUT2D eigenvalue weighted by Crippen LogP contribution is 2.02. The third-order valence-electron chi connectivity index (χ3n) is 1.58. The van der Waals surface area contributed by atoms with Gasteiger partial charge in [-0.15, -0.1) is 0 Å². The van der Waals surface area contributed by atoms with Gasteiger partial charge in [-0.1, -0.05) is 6.92 Å². The normalized spacial score (nSPS) is 10.4. The lowest BCUT2D eigenvalue weighted by molar-refractivity contribution is 0.0690. The summed E-state index contributed by atoms with van der Waals surface area (Å²) in [5.74, 6) is -0.673. The largest absolute Gasteiger partial charge is 0.476 e. The molecule has 1 aromatic rings. The highest BCUT2D eigenvalue weighted by atomic mass is 16.5. The minimum absolute atomic E-state index is 0.0597. The monoisotopic (exact) mass is 199 g/mol. The van der Waals surface area contributed by atoms with Crippen LogP contribution < -0.4 is 0 Å². The summed E-state index contributed by atoms with van der Waals surface area (Å²) in [5, 5.41) is 8.55. The average molecular weight is 199 g/mol. The molecule has 78 valence electrons. The van der Waals surface area contributed by atoms with Crippen LogP contribution in [0.1, 0.15) is 29.7 Å². The minimum Gasteiger partial charge on any atom is -0.476 e. The van der Waals surface area contributed by atoms with E-state index in [9.17, 15) is 4.79 Å². The Morgan fingerprint density at radius 2 is 2.43 bits per heavy atom. The lowest BCUT2D eigenvalue weighted by Gasteiger charge is -1.98. The number of carboxylic acids is 1. The second-order valence-corrected chi connectivity index (χ2v) is 2.79. The zero-order valence-electron chi connectivity index (χ0n) is 8.02. The van der Waals surface area contributed by atoms with E-state index in [0.29, 0.717) is 25.5 Å². The number of hydrogen-bond donors (Lipinski definition) is 1. The second-order valence-electron chi connectivity index (χ2n) is 2.79. The summed E-state index contributed by atoms with van der Waals surface area (Å²) in [6.07, 6.45) is 2.61. The summed E-state index contributed by atoms with van der Waals surface area (Å²) in [6, 6.07) is 0. The molecular formula is C9H13NO4. The van der Waals surface area contributed by atoms with E-state index in [1.165, 1.54) is 0 Å². The van der Waals surface area contributed by atoms with Gasteiger partial charge >= 0.3 is 5.97 Å². The zero-order chi connectivity index (χ0) is 10.4. The fraction of sp³-hybridized carbons (Fsp3) is 0.556. The molecule has 0 saturated heterocycles. The summed E-state index contributed by atoms with van der Waals surface area (Å²) in [7, 11) is 0. The summed E-state index contributed by atoms with van der Waals surface area (Å²) in [4.78, 5) is 14.2. The molecule has 14 heavy (non-hydrogen) atoms. The second kappa shape index (κ2) is 5.39. The van der Waals surface area contributed by atoms with E-state index in [2.05, 4.69) is 4.98 Å². The Morgan fingerprint density at radius 3 is 3.00 bits per heavy atom. The third-order valence-corrected chi connectivity index (χ3v) is 1.58. The Hall–Kier alpha value is -1.36. The van der Waals surface area contributed by atoms with E-state index in [1.807, 2.05) is 6.92 Å². The number of aromatic carboxylic acids is 1. The van der Waals surface area contributed by atoms with Crippen molar-refractivity contribution in [2.45, 2.75) is 19.8 Å². The quantitative estimate of drug-likeness (QED) is 0.700. The Labute approximate surface area is 81.7 Å². The number of carboxylic acid groups (broad SMARTS) is 1. The standard InChI is InChI=1S/C9H13NO4/c1-2-4-13-5-3-8-10-7(6-14-8)9(11)12/h6H,2-5H2,1H3,(H,11,12). The van der Waals surface area contributed by atoms with Gasteiger partial charge in [-0.2, -0.15) is 0 Å². The summed E-state index contributed by atoms with van der Waals surface area (Å²) < 4.78 is 10.1. The molecule has 5 nitrogen and oxygen atoms in total. The summed E-state index contributed by atoms with van der Waals surface area (Å²) in [5.41, 5.74) is -0.0597. The Balaban J connectivity index is 2.33. The molecule has 0 bridgehead atoms. The third kappa shape index (κ3) is 3.18. The van der Waals surface area contributed by atoms with Crippen LogP contribution in [0.4, 0.5) is 0 Å². The molecule has 1 N–H and O–H groups in total. The average Bonchev–Trinajstić information content (AvgIpc) is 2.61. The number of hydrogen-bond acceptors (Lipinski definition) is 4. The van der Waals surface area contributed by atoms with Crippen LogP contribution in [0.25, 0.3) is 0 Å². The van der Waals surface area contributed by atoms with Crippen molar-refractivity contribution in [1.29, 1.82) is 0 Å². The van der Waals surface area contributed by atoms with E-state index in [4.69, 9.17) is 14.3 Å². The molecular weight excluding hydrogens is 186 g/mol. The zero-order valence-corrected chi connectivity index (χ0v) is 8.02. The lowest BCUT2D eigenvalue weighted by Crippen LogP contribution is -2.01. The summed E-state index contributed by atoms with van der Waals surface area (Å²) >= 11 is 0. The van der Waals surface area contributed by atoms with Crippen molar-refractivity contribution in [3.63, 3.8) is 0 Å². The molecule has 1 heterocycles. The maximum atomic E-state index is 10.4. The number of oxazole rings is 1. The Bertz CT molecular complexity index is 295. The Morgan fingerprint density at radius 1 is 1.64 bits per heavy atom. The lowest BCUT2D eigenvalue weighted by atomic mass is 10.4. The first-order valence-corrected chi connectivity index (χ1v) is 4.49. The summed E-state index contributed by atoms with van der Waals surface area (Å²) in [6.45, 7) is 3.23. The molecule has 0 spiro atoms. The first-order chi connectivity index (χ1) is 6.74. The molecule has 0 aliphatic rings. The van der Waals surface area contributed by atoms with Crippen molar-refractivity contribution in [1.82, 2.24) is 4.98 Å². The van der Waals surface area contributed by atoms with Crippen molar-refractivity contribution >= 4 is 5.97 Å². The van der Waals surface area contributed by atoms with Crippen LogP contribution in [0, 0.1) is 0 Å². The van der Waals surface area contributed by atoms with Gasteiger partial charge in [0.25, 0.3) is 0 Å². The number of rotatable bonds is 6. The molecule has 0 aromatic carbocycles. The highest BCUT2D eigenvalue weighted by Gasteiger charge is 2.09. The molecule has 1 aromatic heterocycles. The van der Waals surface area contributed by atoms with Crippen molar-refractivity contribution in [3.8, 4) is 0 Å². The smallest absolute Gasteiger partial charge is 0.357 e. The van der Waals surface area contributed by atoms with Gasteiger partial charge in [0.05, 0.1) is 6.61 Å². The molecule has 0 amide bonds. The van der Waals surface area contributed by atoms with Gasteiger partial charge < -0.3 is 14.3 Å². The number of carbonyl (C=O) groups is 1. The van der Waals surface area contributed by atoms with E-state index >= 15 is 0 Å². The van der Waals surface area contributed by atoms with Gasteiger partial charge in [0.15, 0.2) is 11.6 Å². The molecule has 0 atom stereocenters. The molecule has 0 aliphatic heterocycles. The first kappa shape index (κ1) is 10.7. The van der Waals surface area contributed by atoms with E-state index in [1.54, 1.807) is 0 Å². The number of nitrogens with zero attached hydrogens (tertiary/aromatic N) is 1. The van der Waals surface area contributed by atoms with Gasteiger partial charge in [-0.25, -0.2) is 9.78 Å². The van der Waals surface area contributed by atoms with Crippen LogP contribution in [-0.4, -0.2) is 29.3 Å². The predicted molar refractivity (Wildman–Crippen MR) is 48.3 cm³/mol. The van der Waals surface area contributed by atoms with Crippen LogP contribution in [0.5, 0.6) is 0 Å². The van der Waals surface area contributed by atoms with Gasteiger partial charge in [-0.3, -0.25) is 0 Å². The molecule has 0 radical (unpaired) electrons. The molecule has 1 rings (SSSR count). The van der Waals surface area contributed by atoms with Gasteiger partial charge in [0, 0.05) is 13.0 Å². The molecule has 0 aliphatic carbocycles. The van der Waals surface area contributed by atoms with Crippen LogP contribution in [0.15, 0.2) is 10.7 Å².